The summed E-state index contributed by atoms with van der Waals surface area (Å²) in [7, 11) is 0. The van der Waals surface area contributed by atoms with Crippen molar-refractivity contribution in [1.29, 1.82) is 0 Å². The Kier molecular flexibility index (Phi) is 4.37. The van der Waals surface area contributed by atoms with Crippen LogP contribution >= 0.6 is 0 Å². The van der Waals surface area contributed by atoms with Crippen molar-refractivity contribution in [3.05, 3.63) is 107 Å². The van der Waals surface area contributed by atoms with E-state index >= 15 is 0 Å². The predicted octanol–water partition coefficient (Wildman–Crippen LogP) is 4.72. The average Bonchev–Trinajstić information content (AvgIpc) is 3.45. The third kappa shape index (κ3) is 3.18. The Morgan fingerprint density at radius 3 is 1.36 bits per heavy atom. The molecule has 0 N–H and O–H groups in total. The first kappa shape index (κ1) is 16.8. The summed E-state index contributed by atoms with van der Waals surface area (Å²) in [5.74, 6) is 1.30. The molecule has 2 aliphatic heterocycles. The van der Waals surface area contributed by atoms with E-state index < -0.39 is 0 Å². The quantitative estimate of drug-likeness (QED) is 0.669. The van der Waals surface area contributed by atoms with Gasteiger partial charge in [-0.25, -0.2) is 9.98 Å². The first-order valence-electron chi connectivity index (χ1n) is 9.49. The Morgan fingerprint density at radius 2 is 0.929 bits per heavy atom. The van der Waals surface area contributed by atoms with Crippen LogP contribution in [0.2, 0.25) is 0 Å². The van der Waals surface area contributed by atoms with E-state index in [9.17, 15) is 0 Å². The zero-order chi connectivity index (χ0) is 18.8. The molecule has 2 atom stereocenters. The van der Waals surface area contributed by atoms with Crippen LogP contribution in [-0.2, 0) is 9.47 Å². The third-order valence-corrected chi connectivity index (χ3v) is 5.06. The molecule has 5 rings (SSSR count). The van der Waals surface area contributed by atoms with E-state index in [0.717, 1.165) is 22.3 Å². The highest BCUT2D eigenvalue weighted by molar-refractivity contribution is 6.08. The summed E-state index contributed by atoms with van der Waals surface area (Å²) < 4.78 is 11.9. The number of hydrogen-bond donors (Lipinski definition) is 0. The second kappa shape index (κ2) is 7.31. The summed E-state index contributed by atoms with van der Waals surface area (Å²) in [6.07, 6.45) is 0. The van der Waals surface area contributed by atoms with Crippen molar-refractivity contribution in [2.45, 2.75) is 12.1 Å². The van der Waals surface area contributed by atoms with Crippen molar-refractivity contribution in [1.82, 2.24) is 0 Å². The number of ether oxygens (including phenoxy) is 2. The Hall–Kier alpha value is -3.40. The van der Waals surface area contributed by atoms with Crippen molar-refractivity contribution < 1.29 is 9.47 Å². The van der Waals surface area contributed by atoms with E-state index in [1.54, 1.807) is 0 Å². The minimum absolute atomic E-state index is 0.0211. The van der Waals surface area contributed by atoms with Gasteiger partial charge in [0.25, 0.3) is 0 Å². The van der Waals surface area contributed by atoms with Crippen LogP contribution in [0.5, 0.6) is 0 Å². The molecule has 0 fully saturated rings. The van der Waals surface area contributed by atoms with Crippen molar-refractivity contribution in [3.63, 3.8) is 0 Å². The molecule has 2 heterocycles. The highest BCUT2D eigenvalue weighted by Gasteiger charge is 2.27. The molecule has 28 heavy (non-hydrogen) atoms. The molecule has 3 aromatic rings. The molecule has 0 aliphatic carbocycles. The van der Waals surface area contributed by atoms with Crippen LogP contribution in [0.4, 0.5) is 0 Å². The van der Waals surface area contributed by atoms with Gasteiger partial charge >= 0.3 is 0 Å². The fourth-order valence-electron chi connectivity index (χ4n) is 3.59. The van der Waals surface area contributed by atoms with E-state index in [2.05, 4.69) is 24.3 Å². The summed E-state index contributed by atoms with van der Waals surface area (Å²) in [5, 5.41) is 0. The van der Waals surface area contributed by atoms with Gasteiger partial charge in [-0.15, -0.1) is 0 Å². The van der Waals surface area contributed by atoms with Crippen LogP contribution < -0.4 is 0 Å². The standard InChI is InChI=1S/C24H20N2O2/c1-3-9-17(10-4-1)21-15-27-23(25-21)19-13-7-8-14-20(19)24-26-22(16-28-24)18-11-5-2-6-12-18/h1-14,21-22H,15-16H2/t21-,22-/m0/s1. The minimum atomic E-state index is 0.0211. The van der Waals surface area contributed by atoms with E-state index in [1.807, 2.05) is 60.7 Å². The monoisotopic (exact) mass is 368 g/mol. The van der Waals surface area contributed by atoms with Gasteiger partial charge in [-0.1, -0.05) is 72.8 Å². The fraction of sp³-hybridized carbons (Fsp3) is 0.167. The summed E-state index contributed by atoms with van der Waals surface area (Å²) in [6, 6.07) is 28.5. The maximum absolute atomic E-state index is 5.96. The number of benzene rings is 3. The maximum Gasteiger partial charge on any atom is 0.217 e. The molecule has 2 aliphatic rings. The smallest absolute Gasteiger partial charge is 0.217 e. The topological polar surface area (TPSA) is 43.2 Å². The second-order valence-corrected chi connectivity index (χ2v) is 6.89. The van der Waals surface area contributed by atoms with E-state index in [0.29, 0.717) is 25.0 Å². The Morgan fingerprint density at radius 1 is 0.536 bits per heavy atom. The highest BCUT2D eigenvalue weighted by atomic mass is 16.5. The van der Waals surface area contributed by atoms with Crippen molar-refractivity contribution in [2.24, 2.45) is 9.98 Å². The van der Waals surface area contributed by atoms with Crippen LogP contribution in [0.3, 0.4) is 0 Å². The second-order valence-electron chi connectivity index (χ2n) is 6.89. The van der Waals surface area contributed by atoms with Crippen molar-refractivity contribution >= 4 is 11.8 Å². The van der Waals surface area contributed by atoms with E-state index in [4.69, 9.17) is 19.5 Å². The van der Waals surface area contributed by atoms with Gasteiger partial charge in [0.2, 0.25) is 11.8 Å². The molecule has 0 spiro atoms. The number of nitrogens with zero attached hydrogens (tertiary/aromatic N) is 2. The Balaban J connectivity index is 1.46. The summed E-state index contributed by atoms with van der Waals surface area (Å²) in [6.45, 7) is 1.10. The van der Waals surface area contributed by atoms with Gasteiger partial charge in [0, 0.05) is 11.1 Å². The lowest BCUT2D eigenvalue weighted by Crippen LogP contribution is -2.11. The van der Waals surface area contributed by atoms with E-state index in [-0.39, 0.29) is 12.1 Å². The van der Waals surface area contributed by atoms with Gasteiger partial charge < -0.3 is 9.47 Å². The van der Waals surface area contributed by atoms with Crippen LogP contribution in [0.25, 0.3) is 0 Å². The van der Waals surface area contributed by atoms with Gasteiger partial charge in [0.1, 0.15) is 25.3 Å². The molecule has 138 valence electrons. The number of aliphatic imine (C=N–C) groups is 2. The lowest BCUT2D eigenvalue weighted by atomic mass is 10.1. The zero-order valence-corrected chi connectivity index (χ0v) is 15.4. The number of hydrogen-bond acceptors (Lipinski definition) is 4. The summed E-state index contributed by atoms with van der Waals surface area (Å²) >= 11 is 0. The Labute approximate surface area is 164 Å². The van der Waals surface area contributed by atoms with Crippen LogP contribution in [-0.4, -0.2) is 25.0 Å². The van der Waals surface area contributed by atoms with Gasteiger partial charge in [-0.2, -0.15) is 0 Å². The van der Waals surface area contributed by atoms with Gasteiger partial charge in [-0.3, -0.25) is 0 Å². The molecule has 0 radical (unpaired) electrons. The maximum atomic E-state index is 5.96. The third-order valence-electron chi connectivity index (χ3n) is 5.06. The molecule has 0 aromatic heterocycles. The SMILES string of the molecule is c1ccc([C@@H]2COC(c3ccccc3C3=N[C@H](c4ccccc4)CO3)=N2)cc1. The minimum Gasteiger partial charge on any atom is -0.475 e. The first-order chi connectivity index (χ1) is 13.9. The predicted molar refractivity (Wildman–Crippen MR) is 110 cm³/mol. The van der Waals surface area contributed by atoms with Crippen LogP contribution in [0, 0.1) is 0 Å². The van der Waals surface area contributed by atoms with Gasteiger partial charge in [-0.05, 0) is 23.3 Å². The Bertz CT molecular complexity index is 944. The highest BCUT2D eigenvalue weighted by Crippen LogP contribution is 2.29. The molecular formula is C24H20N2O2. The van der Waals surface area contributed by atoms with Crippen molar-refractivity contribution in [2.75, 3.05) is 13.2 Å². The van der Waals surface area contributed by atoms with E-state index in [1.165, 1.54) is 0 Å². The van der Waals surface area contributed by atoms with Gasteiger partial charge in [0.15, 0.2) is 0 Å². The molecule has 0 bridgehead atoms. The molecule has 4 nitrogen and oxygen atoms in total. The fourth-order valence-corrected chi connectivity index (χ4v) is 3.59. The molecule has 0 saturated carbocycles. The van der Waals surface area contributed by atoms with Crippen LogP contribution in [0.1, 0.15) is 34.3 Å². The normalized spacial score (nSPS) is 20.9. The lowest BCUT2D eigenvalue weighted by Gasteiger charge is -2.08. The average molecular weight is 368 g/mol. The van der Waals surface area contributed by atoms with Gasteiger partial charge in [0.05, 0.1) is 0 Å². The zero-order valence-electron chi connectivity index (χ0n) is 15.4. The van der Waals surface area contributed by atoms with Crippen molar-refractivity contribution in [3.8, 4) is 0 Å². The molecule has 0 saturated heterocycles. The largest absolute Gasteiger partial charge is 0.475 e. The summed E-state index contributed by atoms with van der Waals surface area (Å²) in [5.41, 5.74) is 4.17. The molecule has 0 unspecified atom stereocenters. The molecular weight excluding hydrogens is 348 g/mol. The molecule has 0 amide bonds. The number of rotatable bonds is 4. The first-order valence-corrected chi connectivity index (χ1v) is 9.49. The molecule has 4 heteroatoms. The summed E-state index contributed by atoms with van der Waals surface area (Å²) in [4.78, 5) is 9.64. The van der Waals surface area contributed by atoms with Crippen LogP contribution in [0.15, 0.2) is 94.9 Å². The molecule has 3 aromatic carbocycles. The lowest BCUT2D eigenvalue weighted by molar-refractivity contribution is 0.316.